The lowest BCUT2D eigenvalue weighted by atomic mass is 10.0. The molecule has 0 amide bonds. The molecule has 3 rings (SSSR count). The Morgan fingerprint density at radius 1 is 1.06 bits per heavy atom. The average Bonchev–Trinajstić information content (AvgIpc) is 2.79. The lowest BCUT2D eigenvalue weighted by molar-refractivity contribution is 0.198. The van der Waals surface area contributed by atoms with E-state index in [9.17, 15) is 0 Å². The zero-order valence-corrected chi connectivity index (χ0v) is 21.2. The summed E-state index contributed by atoms with van der Waals surface area (Å²) in [4.78, 5) is 7.35. The topological polar surface area (TPSA) is 48.9 Å². The van der Waals surface area contributed by atoms with Crippen LogP contribution < -0.4 is 15.4 Å². The number of likely N-dealkylation sites (tertiary alicyclic amines) is 1. The lowest BCUT2D eigenvalue weighted by Gasteiger charge is -2.33. The van der Waals surface area contributed by atoms with Crippen molar-refractivity contribution in [2.45, 2.75) is 45.2 Å². The van der Waals surface area contributed by atoms with E-state index in [4.69, 9.17) is 9.73 Å². The molecule has 2 N–H and O–H groups in total. The molecule has 0 unspecified atom stereocenters. The van der Waals surface area contributed by atoms with Gasteiger partial charge in [-0.05, 0) is 55.9 Å². The smallest absolute Gasteiger partial charge is 0.191 e. The van der Waals surface area contributed by atoms with Crippen molar-refractivity contribution in [3.8, 4) is 5.75 Å². The zero-order chi connectivity index (χ0) is 21.0. The minimum atomic E-state index is 0. The van der Waals surface area contributed by atoms with Crippen LogP contribution in [0.2, 0.25) is 0 Å². The SMILES string of the molecule is CCNC(=NCCCc1cccc(OC)c1)NC1CCN(Cc2ccccc2)CC1.I. The summed E-state index contributed by atoms with van der Waals surface area (Å²) in [6, 6.07) is 19.5. The van der Waals surface area contributed by atoms with Crippen LogP contribution in [-0.4, -0.2) is 50.2 Å². The number of aliphatic imine (C=N–C) groups is 1. The molecule has 1 aliphatic rings. The minimum absolute atomic E-state index is 0. The summed E-state index contributed by atoms with van der Waals surface area (Å²) in [5.74, 6) is 1.87. The summed E-state index contributed by atoms with van der Waals surface area (Å²) >= 11 is 0. The average molecular weight is 537 g/mol. The number of ether oxygens (including phenoxy) is 1. The number of rotatable bonds is 9. The molecule has 1 heterocycles. The van der Waals surface area contributed by atoms with Gasteiger partial charge in [0.15, 0.2) is 5.96 Å². The second kappa shape index (κ2) is 14.3. The van der Waals surface area contributed by atoms with Crippen molar-refractivity contribution in [3.63, 3.8) is 0 Å². The van der Waals surface area contributed by atoms with E-state index in [0.717, 1.165) is 70.1 Å². The van der Waals surface area contributed by atoms with Gasteiger partial charge in [-0.1, -0.05) is 42.5 Å². The van der Waals surface area contributed by atoms with Crippen LogP contribution in [-0.2, 0) is 13.0 Å². The molecule has 0 radical (unpaired) electrons. The lowest BCUT2D eigenvalue weighted by Crippen LogP contribution is -2.48. The molecule has 5 nitrogen and oxygen atoms in total. The maximum Gasteiger partial charge on any atom is 0.191 e. The Bertz CT molecular complexity index is 776. The van der Waals surface area contributed by atoms with Crippen LogP contribution in [0, 0.1) is 0 Å². The molecule has 31 heavy (non-hydrogen) atoms. The van der Waals surface area contributed by atoms with E-state index in [-0.39, 0.29) is 24.0 Å². The molecule has 2 aromatic carbocycles. The van der Waals surface area contributed by atoms with Gasteiger partial charge < -0.3 is 15.4 Å². The molecule has 0 aliphatic carbocycles. The van der Waals surface area contributed by atoms with Crippen LogP contribution in [0.25, 0.3) is 0 Å². The molecule has 0 saturated carbocycles. The number of hydrogen-bond donors (Lipinski definition) is 2. The largest absolute Gasteiger partial charge is 0.497 e. The summed E-state index contributed by atoms with van der Waals surface area (Å²) in [6.07, 6.45) is 4.35. The van der Waals surface area contributed by atoms with Gasteiger partial charge in [0.1, 0.15) is 5.75 Å². The van der Waals surface area contributed by atoms with Gasteiger partial charge in [0, 0.05) is 38.8 Å². The van der Waals surface area contributed by atoms with E-state index in [0.29, 0.717) is 6.04 Å². The van der Waals surface area contributed by atoms with Crippen molar-refractivity contribution in [2.24, 2.45) is 4.99 Å². The molecule has 170 valence electrons. The Morgan fingerprint density at radius 3 is 2.52 bits per heavy atom. The predicted molar refractivity (Wildman–Crippen MR) is 141 cm³/mol. The van der Waals surface area contributed by atoms with E-state index in [2.05, 4.69) is 64.9 Å². The molecule has 6 heteroatoms. The first-order valence-corrected chi connectivity index (χ1v) is 11.2. The molecule has 2 aromatic rings. The Labute approximate surface area is 204 Å². The number of halogens is 1. The Hall–Kier alpha value is -1.80. The van der Waals surface area contributed by atoms with Gasteiger partial charge in [-0.2, -0.15) is 0 Å². The van der Waals surface area contributed by atoms with Crippen LogP contribution in [0.1, 0.15) is 37.3 Å². The number of aryl methyl sites for hydroxylation is 1. The predicted octanol–water partition coefficient (Wildman–Crippen LogP) is 4.47. The molecular weight excluding hydrogens is 499 g/mol. The van der Waals surface area contributed by atoms with Crippen molar-refractivity contribution < 1.29 is 4.74 Å². The third kappa shape index (κ3) is 9.07. The number of guanidine groups is 1. The second-order valence-corrected chi connectivity index (χ2v) is 7.90. The quantitative estimate of drug-likeness (QED) is 0.215. The highest BCUT2D eigenvalue weighted by Gasteiger charge is 2.19. The molecular formula is C25H37IN4O. The highest BCUT2D eigenvalue weighted by Crippen LogP contribution is 2.15. The number of piperidine rings is 1. The fourth-order valence-electron chi connectivity index (χ4n) is 3.89. The summed E-state index contributed by atoms with van der Waals surface area (Å²) < 4.78 is 5.31. The number of nitrogens with zero attached hydrogens (tertiary/aromatic N) is 2. The fourth-order valence-corrected chi connectivity index (χ4v) is 3.89. The van der Waals surface area contributed by atoms with E-state index in [1.54, 1.807) is 7.11 Å². The maximum atomic E-state index is 5.31. The second-order valence-electron chi connectivity index (χ2n) is 7.90. The van der Waals surface area contributed by atoms with Crippen LogP contribution in [0.4, 0.5) is 0 Å². The van der Waals surface area contributed by atoms with Crippen LogP contribution in [0.5, 0.6) is 5.75 Å². The maximum absolute atomic E-state index is 5.31. The first-order valence-electron chi connectivity index (χ1n) is 11.2. The van der Waals surface area contributed by atoms with Crippen LogP contribution >= 0.6 is 24.0 Å². The molecule has 1 fully saturated rings. The Balaban J connectivity index is 0.00000341. The molecule has 0 atom stereocenters. The number of hydrogen-bond acceptors (Lipinski definition) is 3. The molecule has 1 saturated heterocycles. The van der Waals surface area contributed by atoms with Gasteiger partial charge in [-0.15, -0.1) is 24.0 Å². The number of methoxy groups -OCH3 is 1. The highest BCUT2D eigenvalue weighted by molar-refractivity contribution is 14.0. The number of nitrogens with one attached hydrogen (secondary N) is 2. The molecule has 0 spiro atoms. The van der Waals surface area contributed by atoms with Crippen LogP contribution in [0.15, 0.2) is 59.6 Å². The van der Waals surface area contributed by atoms with Gasteiger partial charge >= 0.3 is 0 Å². The third-order valence-electron chi connectivity index (χ3n) is 5.55. The molecule has 0 aromatic heterocycles. The molecule has 0 bridgehead atoms. The summed E-state index contributed by atoms with van der Waals surface area (Å²) in [6.45, 7) is 7.12. The van der Waals surface area contributed by atoms with Crippen molar-refractivity contribution in [2.75, 3.05) is 33.3 Å². The number of benzene rings is 2. The highest BCUT2D eigenvalue weighted by atomic mass is 127. The Morgan fingerprint density at radius 2 is 1.81 bits per heavy atom. The third-order valence-corrected chi connectivity index (χ3v) is 5.55. The van der Waals surface area contributed by atoms with E-state index >= 15 is 0 Å². The summed E-state index contributed by atoms with van der Waals surface area (Å²) in [5.41, 5.74) is 2.70. The standard InChI is InChI=1S/C25H36N4O.HI/c1-3-26-25(27-16-8-12-21-11-7-13-24(19-21)30-2)28-23-14-17-29(18-15-23)20-22-9-5-4-6-10-22;/h4-7,9-11,13,19,23H,3,8,12,14-18,20H2,1-2H3,(H2,26,27,28);1H. The van der Waals surface area contributed by atoms with Gasteiger partial charge in [-0.3, -0.25) is 9.89 Å². The van der Waals surface area contributed by atoms with Gasteiger partial charge in [0.2, 0.25) is 0 Å². The van der Waals surface area contributed by atoms with Gasteiger partial charge in [0.25, 0.3) is 0 Å². The monoisotopic (exact) mass is 536 g/mol. The summed E-state index contributed by atoms with van der Waals surface area (Å²) in [5, 5.41) is 7.05. The van der Waals surface area contributed by atoms with E-state index in [1.807, 2.05) is 12.1 Å². The Kier molecular flexibility index (Phi) is 11.7. The van der Waals surface area contributed by atoms with E-state index in [1.165, 1.54) is 11.1 Å². The van der Waals surface area contributed by atoms with Gasteiger partial charge in [0.05, 0.1) is 7.11 Å². The summed E-state index contributed by atoms with van der Waals surface area (Å²) in [7, 11) is 1.71. The van der Waals surface area contributed by atoms with Crippen molar-refractivity contribution in [3.05, 3.63) is 65.7 Å². The minimum Gasteiger partial charge on any atom is -0.497 e. The first kappa shape index (κ1) is 25.5. The van der Waals surface area contributed by atoms with E-state index < -0.39 is 0 Å². The van der Waals surface area contributed by atoms with Crippen LogP contribution in [0.3, 0.4) is 0 Å². The fraction of sp³-hybridized carbons (Fsp3) is 0.480. The normalized spacial score (nSPS) is 15.2. The zero-order valence-electron chi connectivity index (χ0n) is 18.8. The van der Waals surface area contributed by atoms with Crippen molar-refractivity contribution in [1.29, 1.82) is 0 Å². The van der Waals surface area contributed by atoms with Gasteiger partial charge in [-0.25, -0.2) is 0 Å². The molecule has 1 aliphatic heterocycles. The van der Waals surface area contributed by atoms with Crippen molar-refractivity contribution in [1.82, 2.24) is 15.5 Å². The van der Waals surface area contributed by atoms with Crippen molar-refractivity contribution >= 4 is 29.9 Å². The first-order chi connectivity index (χ1) is 14.8.